The highest BCUT2D eigenvalue weighted by molar-refractivity contribution is 9.10. The third kappa shape index (κ3) is 3.66. The van der Waals surface area contributed by atoms with Gasteiger partial charge in [0.05, 0.1) is 17.8 Å². The number of hydrogen-bond acceptors (Lipinski definition) is 3. The first-order valence-corrected chi connectivity index (χ1v) is 8.41. The van der Waals surface area contributed by atoms with Crippen LogP contribution in [0.1, 0.15) is 17.0 Å². The maximum absolute atomic E-state index is 9.35. The molecular weight excluding hydrogens is 364 g/mol. The molecule has 0 spiro atoms. The van der Waals surface area contributed by atoms with Gasteiger partial charge >= 0.3 is 0 Å². The number of nitrogens with zero attached hydrogens (tertiary/aromatic N) is 4. The van der Waals surface area contributed by atoms with E-state index in [0.717, 1.165) is 22.5 Å². The Labute approximate surface area is 150 Å². The van der Waals surface area contributed by atoms with E-state index >= 15 is 0 Å². The van der Waals surface area contributed by atoms with Crippen LogP contribution < -0.4 is 4.90 Å². The van der Waals surface area contributed by atoms with Crippen LogP contribution in [0.4, 0.5) is 5.69 Å². The summed E-state index contributed by atoms with van der Waals surface area (Å²) in [6.45, 7) is 1.42. The molecule has 3 rings (SSSR count). The summed E-state index contributed by atoms with van der Waals surface area (Å²) >= 11 is 3.41. The largest absolute Gasteiger partial charge is 0.366 e. The maximum Gasteiger partial charge on any atom is 0.128 e. The third-order valence-electron chi connectivity index (χ3n) is 3.87. The molecule has 0 aliphatic heterocycles. The minimum atomic E-state index is 0.635. The van der Waals surface area contributed by atoms with Crippen LogP contribution >= 0.6 is 15.9 Å². The number of imidazole rings is 1. The van der Waals surface area contributed by atoms with Gasteiger partial charge in [0, 0.05) is 30.5 Å². The number of rotatable bonds is 5. The van der Waals surface area contributed by atoms with Crippen molar-refractivity contribution in [2.45, 2.75) is 13.1 Å². The van der Waals surface area contributed by atoms with Gasteiger partial charge in [0.25, 0.3) is 0 Å². The van der Waals surface area contributed by atoms with Crippen molar-refractivity contribution < 1.29 is 0 Å². The Morgan fingerprint density at radius 2 is 2.00 bits per heavy atom. The summed E-state index contributed by atoms with van der Waals surface area (Å²) in [5, 5.41) is 9.35. The predicted molar refractivity (Wildman–Crippen MR) is 98.7 cm³/mol. The van der Waals surface area contributed by atoms with Crippen molar-refractivity contribution in [3.63, 3.8) is 0 Å². The first-order chi connectivity index (χ1) is 11.7. The number of aromatic nitrogens is 2. The predicted octanol–water partition coefficient (Wildman–Crippen LogP) is 4.20. The van der Waals surface area contributed by atoms with Crippen LogP contribution in [0, 0.1) is 11.3 Å². The maximum atomic E-state index is 9.35. The van der Waals surface area contributed by atoms with Crippen molar-refractivity contribution in [1.82, 2.24) is 9.55 Å². The van der Waals surface area contributed by atoms with Crippen molar-refractivity contribution in [2.24, 2.45) is 0 Å². The molecule has 0 N–H and O–H groups in total. The summed E-state index contributed by atoms with van der Waals surface area (Å²) in [4.78, 5) is 6.53. The van der Waals surface area contributed by atoms with Crippen LogP contribution in [-0.2, 0) is 13.1 Å². The van der Waals surface area contributed by atoms with Crippen LogP contribution in [0.3, 0.4) is 0 Å². The molecule has 0 aliphatic rings. The van der Waals surface area contributed by atoms with E-state index in [1.165, 1.54) is 5.56 Å². The van der Waals surface area contributed by atoms with Gasteiger partial charge in [-0.3, -0.25) is 0 Å². The molecule has 0 amide bonds. The van der Waals surface area contributed by atoms with Crippen molar-refractivity contribution in [1.29, 1.82) is 5.26 Å². The fourth-order valence-corrected chi connectivity index (χ4v) is 3.00. The Kier molecular flexibility index (Phi) is 4.97. The van der Waals surface area contributed by atoms with E-state index in [-0.39, 0.29) is 0 Å². The molecule has 0 atom stereocenters. The van der Waals surface area contributed by atoms with Crippen LogP contribution in [0.2, 0.25) is 0 Å². The monoisotopic (exact) mass is 380 g/mol. The highest BCUT2D eigenvalue weighted by atomic mass is 79.9. The normalized spacial score (nSPS) is 10.4. The van der Waals surface area contributed by atoms with E-state index in [1.54, 1.807) is 0 Å². The quantitative estimate of drug-likeness (QED) is 0.665. The molecule has 0 fully saturated rings. The fraction of sp³-hybridized carbons (Fsp3) is 0.158. The summed E-state index contributed by atoms with van der Waals surface area (Å²) in [5.74, 6) is 0.966. The van der Waals surface area contributed by atoms with Crippen molar-refractivity contribution >= 4 is 21.6 Å². The summed E-state index contributed by atoms with van der Waals surface area (Å²) in [6, 6.07) is 18.3. The standard InChI is InChI=1S/C19H17BrN4/c1-23(18-8-7-17(20)11-16(18)12-21)14-19-22-9-10-24(19)13-15-5-3-2-4-6-15/h2-11H,13-14H2,1H3. The van der Waals surface area contributed by atoms with Gasteiger partial charge in [-0.1, -0.05) is 46.3 Å². The van der Waals surface area contributed by atoms with Gasteiger partial charge < -0.3 is 9.47 Å². The van der Waals surface area contributed by atoms with Crippen molar-refractivity contribution in [3.05, 3.63) is 82.3 Å². The Balaban J connectivity index is 1.80. The molecule has 0 radical (unpaired) electrons. The lowest BCUT2D eigenvalue weighted by Crippen LogP contribution is -2.20. The van der Waals surface area contributed by atoms with Crippen LogP contribution in [0.5, 0.6) is 0 Å². The second-order valence-electron chi connectivity index (χ2n) is 5.59. The summed E-state index contributed by atoms with van der Waals surface area (Å²) < 4.78 is 3.04. The second-order valence-corrected chi connectivity index (χ2v) is 6.50. The molecular formula is C19H17BrN4. The number of anilines is 1. The lowest BCUT2D eigenvalue weighted by Gasteiger charge is -2.21. The molecule has 0 aliphatic carbocycles. The number of hydrogen-bond donors (Lipinski definition) is 0. The van der Waals surface area contributed by atoms with Crippen LogP contribution in [0.15, 0.2) is 65.4 Å². The number of nitriles is 1. The second kappa shape index (κ2) is 7.33. The van der Waals surface area contributed by atoms with E-state index in [4.69, 9.17) is 0 Å². The van der Waals surface area contributed by atoms with E-state index in [9.17, 15) is 5.26 Å². The lowest BCUT2D eigenvalue weighted by atomic mass is 10.2. The Hall–Kier alpha value is -2.58. The molecule has 5 heteroatoms. The van der Waals surface area contributed by atoms with Gasteiger partial charge in [-0.2, -0.15) is 5.26 Å². The lowest BCUT2D eigenvalue weighted by molar-refractivity contribution is 0.707. The Morgan fingerprint density at radius 1 is 1.21 bits per heavy atom. The average Bonchev–Trinajstić information content (AvgIpc) is 3.02. The van der Waals surface area contributed by atoms with Gasteiger partial charge in [-0.15, -0.1) is 0 Å². The topological polar surface area (TPSA) is 44.9 Å². The molecule has 3 aromatic rings. The van der Waals surface area contributed by atoms with Crippen LogP contribution in [-0.4, -0.2) is 16.6 Å². The zero-order chi connectivity index (χ0) is 16.9. The smallest absolute Gasteiger partial charge is 0.128 e. The SMILES string of the molecule is CN(Cc1nccn1Cc1ccccc1)c1ccc(Br)cc1C#N. The van der Waals surface area contributed by atoms with Gasteiger partial charge in [0.1, 0.15) is 11.9 Å². The van der Waals surface area contributed by atoms with Crippen molar-refractivity contribution in [2.75, 3.05) is 11.9 Å². The number of benzene rings is 2. The average molecular weight is 381 g/mol. The van der Waals surface area contributed by atoms with E-state index < -0.39 is 0 Å². The first-order valence-electron chi connectivity index (χ1n) is 7.62. The molecule has 4 nitrogen and oxygen atoms in total. The molecule has 0 unspecified atom stereocenters. The zero-order valence-corrected chi connectivity index (χ0v) is 14.9. The van der Waals surface area contributed by atoms with E-state index in [2.05, 4.69) is 48.6 Å². The highest BCUT2D eigenvalue weighted by Crippen LogP contribution is 2.24. The van der Waals surface area contributed by atoms with Gasteiger partial charge in [-0.25, -0.2) is 4.98 Å². The number of halogens is 1. The highest BCUT2D eigenvalue weighted by Gasteiger charge is 2.11. The molecule has 0 bridgehead atoms. The Bertz CT molecular complexity index is 865. The van der Waals surface area contributed by atoms with Crippen molar-refractivity contribution in [3.8, 4) is 6.07 Å². The molecule has 1 heterocycles. The van der Waals surface area contributed by atoms with E-state index in [1.807, 2.05) is 55.8 Å². The minimum Gasteiger partial charge on any atom is -0.366 e. The Morgan fingerprint density at radius 3 is 2.75 bits per heavy atom. The molecule has 0 saturated carbocycles. The molecule has 24 heavy (non-hydrogen) atoms. The third-order valence-corrected chi connectivity index (χ3v) is 4.36. The minimum absolute atomic E-state index is 0.635. The summed E-state index contributed by atoms with van der Waals surface area (Å²) in [6.07, 6.45) is 3.81. The zero-order valence-electron chi connectivity index (χ0n) is 13.4. The first kappa shape index (κ1) is 16.3. The van der Waals surface area contributed by atoms with E-state index in [0.29, 0.717) is 12.1 Å². The van der Waals surface area contributed by atoms with Gasteiger partial charge in [0.15, 0.2) is 0 Å². The molecule has 0 saturated heterocycles. The molecule has 120 valence electrons. The van der Waals surface area contributed by atoms with Gasteiger partial charge in [-0.05, 0) is 23.8 Å². The molecule has 1 aromatic heterocycles. The summed E-state index contributed by atoms with van der Waals surface area (Å²) in [7, 11) is 1.98. The fourth-order valence-electron chi connectivity index (χ4n) is 2.64. The molecule has 2 aromatic carbocycles. The summed E-state index contributed by atoms with van der Waals surface area (Å²) in [5.41, 5.74) is 2.78. The van der Waals surface area contributed by atoms with Crippen LogP contribution in [0.25, 0.3) is 0 Å². The van der Waals surface area contributed by atoms with Gasteiger partial charge in [0.2, 0.25) is 0 Å².